The summed E-state index contributed by atoms with van der Waals surface area (Å²) in [5.41, 5.74) is 0. The first-order chi connectivity index (χ1) is 7.27. The van der Waals surface area contributed by atoms with E-state index in [0.717, 1.165) is 32.5 Å². The smallest absolute Gasteiger partial charge is 0.223 e. The second kappa shape index (κ2) is 4.94. The van der Waals surface area contributed by atoms with Gasteiger partial charge in [0, 0.05) is 12.5 Å². The van der Waals surface area contributed by atoms with Gasteiger partial charge >= 0.3 is 0 Å². The van der Waals surface area contributed by atoms with Crippen LogP contribution in [0.1, 0.15) is 19.8 Å². The molecule has 2 saturated heterocycles. The van der Waals surface area contributed by atoms with Crippen molar-refractivity contribution < 1.29 is 9.53 Å². The number of amides is 1. The second-order valence-corrected chi connectivity index (χ2v) is 4.63. The molecule has 0 aromatic heterocycles. The van der Waals surface area contributed by atoms with Crippen LogP contribution in [0.5, 0.6) is 0 Å². The van der Waals surface area contributed by atoms with Crippen molar-refractivity contribution in [1.29, 1.82) is 0 Å². The van der Waals surface area contributed by atoms with Crippen LogP contribution in [0.4, 0.5) is 0 Å². The molecule has 0 bridgehead atoms. The van der Waals surface area contributed by atoms with E-state index in [2.05, 4.69) is 10.6 Å². The molecular formula is C11H20N2O2. The normalized spacial score (nSPS) is 29.3. The van der Waals surface area contributed by atoms with E-state index in [1.54, 1.807) is 0 Å². The molecular weight excluding hydrogens is 192 g/mol. The molecule has 0 aromatic rings. The minimum atomic E-state index is 0.133. The summed E-state index contributed by atoms with van der Waals surface area (Å²) in [5, 5.41) is 6.27. The van der Waals surface area contributed by atoms with Crippen molar-refractivity contribution in [3.05, 3.63) is 0 Å². The minimum Gasteiger partial charge on any atom is -0.379 e. The first kappa shape index (κ1) is 10.9. The summed E-state index contributed by atoms with van der Waals surface area (Å²) in [7, 11) is 0. The van der Waals surface area contributed by atoms with E-state index in [4.69, 9.17) is 4.74 Å². The first-order valence-electron chi connectivity index (χ1n) is 5.86. The van der Waals surface area contributed by atoms with Crippen LogP contribution in [0.25, 0.3) is 0 Å². The first-order valence-corrected chi connectivity index (χ1v) is 5.86. The highest BCUT2D eigenvalue weighted by atomic mass is 16.5. The van der Waals surface area contributed by atoms with Crippen LogP contribution >= 0.6 is 0 Å². The van der Waals surface area contributed by atoms with Crippen LogP contribution in [0.15, 0.2) is 0 Å². The number of hydrogen-bond donors (Lipinski definition) is 2. The molecule has 2 fully saturated rings. The van der Waals surface area contributed by atoms with Crippen molar-refractivity contribution in [2.45, 2.75) is 25.8 Å². The molecule has 15 heavy (non-hydrogen) atoms. The van der Waals surface area contributed by atoms with E-state index in [-0.39, 0.29) is 17.9 Å². The number of rotatable bonds is 3. The van der Waals surface area contributed by atoms with Crippen molar-refractivity contribution in [2.24, 2.45) is 11.8 Å². The highest BCUT2D eigenvalue weighted by Gasteiger charge is 2.29. The summed E-state index contributed by atoms with van der Waals surface area (Å²) in [4.78, 5) is 11.9. The molecule has 2 aliphatic rings. The Labute approximate surface area is 90.8 Å². The van der Waals surface area contributed by atoms with Crippen LogP contribution in [0.3, 0.4) is 0 Å². The maximum absolute atomic E-state index is 11.9. The van der Waals surface area contributed by atoms with E-state index in [9.17, 15) is 4.79 Å². The van der Waals surface area contributed by atoms with Crippen LogP contribution in [-0.2, 0) is 9.53 Å². The Balaban J connectivity index is 1.74. The Kier molecular flexibility index (Phi) is 3.59. The monoisotopic (exact) mass is 212 g/mol. The number of nitrogens with one attached hydrogen (secondary N) is 2. The van der Waals surface area contributed by atoms with Crippen LogP contribution in [0, 0.1) is 11.8 Å². The van der Waals surface area contributed by atoms with Crippen molar-refractivity contribution in [3.63, 3.8) is 0 Å². The van der Waals surface area contributed by atoms with Crippen LogP contribution in [-0.4, -0.2) is 38.3 Å². The van der Waals surface area contributed by atoms with Crippen molar-refractivity contribution in [2.75, 3.05) is 26.3 Å². The Hall–Kier alpha value is -0.610. The summed E-state index contributed by atoms with van der Waals surface area (Å²) in [6, 6.07) is 0.238. The van der Waals surface area contributed by atoms with Crippen molar-refractivity contribution in [1.82, 2.24) is 10.6 Å². The summed E-state index contributed by atoms with van der Waals surface area (Å²) in [5.74, 6) is 0.847. The van der Waals surface area contributed by atoms with Gasteiger partial charge in [-0.25, -0.2) is 0 Å². The topological polar surface area (TPSA) is 50.4 Å². The fourth-order valence-corrected chi connectivity index (χ4v) is 2.07. The van der Waals surface area contributed by atoms with Gasteiger partial charge in [-0.3, -0.25) is 4.79 Å². The maximum atomic E-state index is 11.9. The van der Waals surface area contributed by atoms with Gasteiger partial charge < -0.3 is 15.4 Å². The maximum Gasteiger partial charge on any atom is 0.223 e. The molecule has 86 valence electrons. The van der Waals surface area contributed by atoms with Gasteiger partial charge in [-0.1, -0.05) is 6.92 Å². The Bertz CT molecular complexity index is 223. The molecule has 2 heterocycles. The Morgan fingerprint density at radius 2 is 2.33 bits per heavy atom. The number of carbonyl (C=O) groups is 1. The SMILES string of the molecule is CC(C(=O)NC1CCCOC1)C1CNC1. The lowest BCUT2D eigenvalue weighted by molar-refractivity contribution is -0.128. The summed E-state index contributed by atoms with van der Waals surface area (Å²) < 4.78 is 5.34. The lowest BCUT2D eigenvalue weighted by atomic mass is 9.88. The lowest BCUT2D eigenvalue weighted by Gasteiger charge is -2.33. The number of carbonyl (C=O) groups excluding carboxylic acids is 1. The number of ether oxygens (including phenoxy) is 1. The van der Waals surface area contributed by atoms with Gasteiger partial charge in [0.2, 0.25) is 5.91 Å². The quantitative estimate of drug-likeness (QED) is 0.699. The third-order valence-corrected chi connectivity index (χ3v) is 3.44. The predicted octanol–water partition coefficient (Wildman–Crippen LogP) is 0.137. The van der Waals surface area contributed by atoms with Crippen molar-refractivity contribution >= 4 is 5.91 Å². The van der Waals surface area contributed by atoms with Gasteiger partial charge in [0.25, 0.3) is 0 Å². The van der Waals surface area contributed by atoms with Gasteiger partial charge in [-0.05, 0) is 31.8 Å². The zero-order valence-electron chi connectivity index (χ0n) is 9.29. The second-order valence-electron chi connectivity index (χ2n) is 4.63. The van der Waals surface area contributed by atoms with E-state index >= 15 is 0 Å². The molecule has 1 amide bonds. The van der Waals surface area contributed by atoms with Gasteiger partial charge in [0.05, 0.1) is 12.6 Å². The van der Waals surface area contributed by atoms with Gasteiger partial charge in [-0.2, -0.15) is 0 Å². The molecule has 0 aromatic carbocycles. The Morgan fingerprint density at radius 3 is 2.87 bits per heavy atom. The summed E-state index contributed by atoms with van der Waals surface area (Å²) in [6.07, 6.45) is 2.12. The molecule has 0 spiro atoms. The molecule has 2 unspecified atom stereocenters. The highest BCUT2D eigenvalue weighted by Crippen LogP contribution is 2.16. The predicted molar refractivity (Wildman–Crippen MR) is 57.5 cm³/mol. The fraction of sp³-hybridized carbons (Fsp3) is 0.909. The Morgan fingerprint density at radius 1 is 1.53 bits per heavy atom. The van der Waals surface area contributed by atoms with E-state index in [1.165, 1.54) is 0 Å². The van der Waals surface area contributed by atoms with Crippen molar-refractivity contribution in [3.8, 4) is 0 Å². The number of hydrogen-bond acceptors (Lipinski definition) is 3. The van der Waals surface area contributed by atoms with Crippen LogP contribution in [0.2, 0.25) is 0 Å². The molecule has 2 atom stereocenters. The molecule has 0 aliphatic carbocycles. The highest BCUT2D eigenvalue weighted by molar-refractivity contribution is 5.79. The summed E-state index contributed by atoms with van der Waals surface area (Å²) >= 11 is 0. The fourth-order valence-electron chi connectivity index (χ4n) is 2.07. The average molecular weight is 212 g/mol. The molecule has 0 radical (unpaired) electrons. The molecule has 4 heteroatoms. The third-order valence-electron chi connectivity index (χ3n) is 3.44. The molecule has 2 N–H and O–H groups in total. The zero-order valence-corrected chi connectivity index (χ0v) is 9.29. The van der Waals surface area contributed by atoms with Gasteiger partial charge in [0.15, 0.2) is 0 Å². The standard InChI is InChI=1S/C11H20N2O2/c1-8(9-5-12-6-9)11(14)13-10-3-2-4-15-7-10/h8-10,12H,2-7H2,1H3,(H,13,14). The largest absolute Gasteiger partial charge is 0.379 e. The van der Waals surface area contributed by atoms with Crippen LogP contribution < -0.4 is 10.6 Å². The average Bonchev–Trinajstić information content (AvgIpc) is 2.16. The molecule has 0 saturated carbocycles. The molecule has 4 nitrogen and oxygen atoms in total. The van der Waals surface area contributed by atoms with Gasteiger partial charge in [0.1, 0.15) is 0 Å². The van der Waals surface area contributed by atoms with E-state index in [1.807, 2.05) is 6.92 Å². The van der Waals surface area contributed by atoms with E-state index in [0.29, 0.717) is 12.5 Å². The summed E-state index contributed by atoms with van der Waals surface area (Å²) in [6.45, 7) is 5.51. The third kappa shape index (κ3) is 2.69. The molecule has 2 rings (SSSR count). The minimum absolute atomic E-state index is 0.133. The lowest BCUT2D eigenvalue weighted by Crippen LogP contribution is -2.51. The van der Waals surface area contributed by atoms with Gasteiger partial charge in [-0.15, -0.1) is 0 Å². The van der Waals surface area contributed by atoms with E-state index < -0.39 is 0 Å². The molecule has 2 aliphatic heterocycles. The zero-order chi connectivity index (χ0) is 10.7.